The third-order valence-electron chi connectivity index (χ3n) is 7.13. The Morgan fingerprint density at radius 2 is 1.69 bits per heavy atom. The van der Waals surface area contributed by atoms with Crippen LogP contribution >= 0.6 is 0 Å². The third kappa shape index (κ3) is 5.51. The van der Waals surface area contributed by atoms with Crippen molar-refractivity contribution in [2.75, 3.05) is 13.2 Å². The zero-order valence-corrected chi connectivity index (χ0v) is 20.7. The van der Waals surface area contributed by atoms with Crippen molar-refractivity contribution in [2.24, 2.45) is 0 Å². The molecule has 2 aliphatic rings. The van der Waals surface area contributed by atoms with Crippen molar-refractivity contribution in [3.05, 3.63) is 48.0 Å². The van der Waals surface area contributed by atoms with Crippen molar-refractivity contribution in [3.63, 3.8) is 0 Å². The Morgan fingerprint density at radius 1 is 1.00 bits per heavy atom. The van der Waals surface area contributed by atoms with Crippen molar-refractivity contribution in [1.82, 2.24) is 4.72 Å². The molecule has 4 rings (SSSR count). The first kappa shape index (κ1) is 24.0. The maximum Gasteiger partial charge on any atom is 0.157 e. The molecule has 176 valence electrons. The number of fused-ring (bicyclic) bond motifs is 1. The number of benzene rings is 2. The van der Waals surface area contributed by atoms with Crippen LogP contribution in [-0.2, 0) is 26.3 Å². The van der Waals surface area contributed by atoms with Gasteiger partial charge in [-0.15, -0.1) is 4.72 Å². The van der Waals surface area contributed by atoms with Crippen LogP contribution in [0.15, 0.2) is 42.5 Å². The van der Waals surface area contributed by atoms with Crippen molar-refractivity contribution in [3.8, 4) is 0 Å². The van der Waals surface area contributed by atoms with E-state index in [1.807, 2.05) is 20.8 Å². The van der Waals surface area contributed by atoms with E-state index in [9.17, 15) is 4.55 Å². The molecule has 1 aliphatic carbocycles. The smallest absolute Gasteiger partial charge is 0.157 e. The van der Waals surface area contributed by atoms with Crippen LogP contribution in [0.3, 0.4) is 0 Å². The number of ether oxygens (including phenoxy) is 2. The molecule has 2 unspecified atom stereocenters. The summed E-state index contributed by atoms with van der Waals surface area (Å²) in [6.45, 7) is 7.68. The van der Waals surface area contributed by atoms with Gasteiger partial charge in [0.2, 0.25) is 0 Å². The quantitative estimate of drug-likeness (QED) is 0.518. The van der Waals surface area contributed by atoms with E-state index in [2.05, 4.69) is 47.2 Å². The highest BCUT2D eigenvalue weighted by atomic mass is 32.2. The fourth-order valence-corrected chi connectivity index (χ4v) is 6.24. The number of hydrogen-bond acceptors (Lipinski definition) is 4. The standard InChI is InChI=1S/C27H39NO3S/c1-26(2,3)32(29)28-24(14-15-25-30-18-9-19-31-25)27(16-7-4-8-17-27)23-13-12-21-10-5-6-11-22(21)20-23/h5-6,10-13,20,24-25,28H,4,7-9,14-19H2,1-3H3. The van der Waals surface area contributed by atoms with E-state index in [0.717, 1.165) is 45.3 Å². The lowest BCUT2D eigenvalue weighted by molar-refractivity contribution is -0.182. The Morgan fingerprint density at radius 3 is 2.38 bits per heavy atom. The van der Waals surface area contributed by atoms with Gasteiger partial charge in [0.15, 0.2) is 6.29 Å². The van der Waals surface area contributed by atoms with Crippen molar-refractivity contribution in [1.29, 1.82) is 0 Å². The number of nitrogens with one attached hydrogen (secondary N) is 1. The summed E-state index contributed by atoms with van der Waals surface area (Å²) < 4.78 is 28.3. The monoisotopic (exact) mass is 457 g/mol. The third-order valence-corrected chi connectivity index (χ3v) is 8.74. The van der Waals surface area contributed by atoms with E-state index >= 15 is 0 Å². The lowest BCUT2D eigenvalue weighted by atomic mass is 9.64. The summed E-state index contributed by atoms with van der Waals surface area (Å²) in [6.07, 6.45) is 8.48. The Bertz CT molecular complexity index is 869. The molecule has 4 nitrogen and oxygen atoms in total. The summed E-state index contributed by atoms with van der Waals surface area (Å²) in [5.74, 6) is 0. The molecule has 32 heavy (non-hydrogen) atoms. The minimum absolute atomic E-state index is 0.0299. The molecule has 0 radical (unpaired) electrons. The molecule has 0 aromatic heterocycles. The predicted molar refractivity (Wildman–Crippen MR) is 133 cm³/mol. The minimum atomic E-state index is -1.13. The molecule has 5 heteroatoms. The highest BCUT2D eigenvalue weighted by molar-refractivity contribution is 7.90. The molecule has 1 heterocycles. The maximum absolute atomic E-state index is 13.3. The normalized spacial score (nSPS) is 22.0. The molecule has 1 saturated carbocycles. The Kier molecular flexibility index (Phi) is 7.84. The van der Waals surface area contributed by atoms with Crippen LogP contribution in [0.25, 0.3) is 10.8 Å². The average Bonchev–Trinajstić information content (AvgIpc) is 2.81. The van der Waals surface area contributed by atoms with E-state index in [-0.39, 0.29) is 22.5 Å². The van der Waals surface area contributed by atoms with Crippen LogP contribution in [0.5, 0.6) is 0 Å². The molecule has 1 saturated heterocycles. The molecule has 0 amide bonds. The molecule has 2 fully saturated rings. The van der Waals surface area contributed by atoms with Gasteiger partial charge in [0.1, 0.15) is 4.75 Å². The van der Waals surface area contributed by atoms with Gasteiger partial charge in [0, 0.05) is 23.2 Å². The van der Waals surface area contributed by atoms with Crippen molar-refractivity contribution < 1.29 is 14.0 Å². The van der Waals surface area contributed by atoms with Gasteiger partial charge in [-0.2, -0.15) is 0 Å². The second-order valence-electron chi connectivity index (χ2n) is 10.4. The summed E-state index contributed by atoms with van der Waals surface area (Å²) in [5.41, 5.74) is 1.35. The highest BCUT2D eigenvalue weighted by Crippen LogP contribution is 2.45. The van der Waals surface area contributed by atoms with E-state index in [4.69, 9.17) is 9.47 Å². The van der Waals surface area contributed by atoms with Crippen molar-refractivity contribution in [2.45, 2.75) is 94.6 Å². The fraction of sp³-hybridized carbons (Fsp3) is 0.630. The summed E-state index contributed by atoms with van der Waals surface area (Å²) in [7, 11) is 0. The van der Waals surface area contributed by atoms with Crippen LogP contribution in [-0.4, -0.2) is 34.8 Å². The SMILES string of the molecule is CC(C)(C)[S+]([O-])NC(CCC1OCCCO1)C1(c2ccc3ccccc3c2)CCCCC1. The van der Waals surface area contributed by atoms with Gasteiger partial charge in [-0.05, 0) is 62.8 Å². The van der Waals surface area contributed by atoms with Crippen LogP contribution in [0.4, 0.5) is 0 Å². The number of rotatable bonds is 7. The maximum atomic E-state index is 13.3. The average molecular weight is 458 g/mol. The summed E-state index contributed by atoms with van der Waals surface area (Å²) in [6, 6.07) is 15.6. The molecular formula is C27H39NO3S. The minimum Gasteiger partial charge on any atom is -0.598 e. The summed E-state index contributed by atoms with van der Waals surface area (Å²) in [5, 5.41) is 2.55. The molecule has 1 aliphatic heterocycles. The molecule has 2 aromatic carbocycles. The molecule has 2 aromatic rings. The van der Waals surface area contributed by atoms with Gasteiger partial charge < -0.3 is 14.0 Å². The van der Waals surface area contributed by atoms with Crippen LogP contribution in [0, 0.1) is 0 Å². The van der Waals surface area contributed by atoms with Crippen molar-refractivity contribution >= 4 is 22.1 Å². The highest BCUT2D eigenvalue weighted by Gasteiger charge is 2.45. The van der Waals surface area contributed by atoms with Crippen LogP contribution in [0.2, 0.25) is 0 Å². The van der Waals surface area contributed by atoms with E-state index in [1.165, 1.54) is 35.6 Å². The lowest BCUT2D eigenvalue weighted by Crippen LogP contribution is -2.55. The van der Waals surface area contributed by atoms with Gasteiger partial charge in [0.25, 0.3) is 0 Å². The Hall–Kier alpha value is -1.11. The van der Waals surface area contributed by atoms with Gasteiger partial charge >= 0.3 is 0 Å². The van der Waals surface area contributed by atoms with E-state index in [0.29, 0.717) is 0 Å². The second-order valence-corrected chi connectivity index (χ2v) is 12.4. The Labute approximate surface area is 196 Å². The molecule has 2 atom stereocenters. The molecule has 1 N–H and O–H groups in total. The largest absolute Gasteiger partial charge is 0.598 e. The lowest BCUT2D eigenvalue weighted by Gasteiger charge is -2.45. The molecular weight excluding hydrogens is 418 g/mol. The predicted octanol–water partition coefficient (Wildman–Crippen LogP) is 6.01. The van der Waals surface area contributed by atoms with Gasteiger partial charge in [-0.25, -0.2) is 0 Å². The van der Waals surface area contributed by atoms with Crippen LogP contribution in [0.1, 0.15) is 77.7 Å². The zero-order valence-electron chi connectivity index (χ0n) is 19.9. The first-order valence-electron chi connectivity index (χ1n) is 12.3. The topological polar surface area (TPSA) is 53.5 Å². The summed E-state index contributed by atoms with van der Waals surface area (Å²) in [4.78, 5) is 0. The van der Waals surface area contributed by atoms with Gasteiger partial charge in [-0.1, -0.05) is 61.7 Å². The first-order chi connectivity index (χ1) is 15.4. The Balaban J connectivity index is 1.67. The second kappa shape index (κ2) is 10.4. The molecule has 0 bridgehead atoms. The van der Waals surface area contributed by atoms with E-state index < -0.39 is 11.4 Å². The first-order valence-corrected chi connectivity index (χ1v) is 13.4. The molecule has 0 spiro atoms. The van der Waals surface area contributed by atoms with Crippen LogP contribution < -0.4 is 4.72 Å². The van der Waals surface area contributed by atoms with E-state index in [1.54, 1.807) is 0 Å². The van der Waals surface area contributed by atoms with Gasteiger partial charge in [0.05, 0.1) is 19.3 Å². The summed E-state index contributed by atoms with van der Waals surface area (Å²) >= 11 is -1.13. The fourth-order valence-electron chi connectivity index (χ4n) is 5.28. The zero-order chi connectivity index (χ0) is 22.6. The van der Waals surface area contributed by atoms with Gasteiger partial charge in [-0.3, -0.25) is 0 Å². The number of hydrogen-bond donors (Lipinski definition) is 1.